The molecule has 24 heavy (non-hydrogen) atoms. The van der Waals surface area contributed by atoms with Gasteiger partial charge in [0.05, 0.1) is 12.6 Å². The monoisotopic (exact) mass is 341 g/mol. The van der Waals surface area contributed by atoms with Crippen molar-refractivity contribution in [2.75, 3.05) is 19.0 Å². The van der Waals surface area contributed by atoms with Gasteiger partial charge in [-0.1, -0.05) is 37.6 Å². The topological polar surface area (TPSA) is 47.0 Å². The first-order valence-electron chi connectivity index (χ1n) is 7.78. The zero-order valence-electron chi connectivity index (χ0n) is 14.0. The van der Waals surface area contributed by atoms with E-state index < -0.39 is 0 Å². The number of benzene rings is 2. The zero-order valence-corrected chi connectivity index (χ0v) is 14.8. The molecule has 2 aromatic carbocycles. The number of nitrogens with one attached hydrogen (secondary N) is 1. The van der Waals surface area contributed by atoms with Gasteiger partial charge in [0.2, 0.25) is 0 Å². The molecule has 4 nitrogen and oxygen atoms in total. The minimum atomic E-state index is -0.0886. The summed E-state index contributed by atoms with van der Waals surface area (Å²) < 4.78 is 5.25. The lowest BCUT2D eigenvalue weighted by molar-refractivity contribution is 0.415. The molecule has 3 rings (SSSR count). The molecule has 0 bridgehead atoms. The number of halogens is 1. The Kier molecular flexibility index (Phi) is 4.58. The summed E-state index contributed by atoms with van der Waals surface area (Å²) in [6.45, 7) is 5.08. The second kappa shape index (κ2) is 6.65. The molecule has 0 fully saturated rings. The fourth-order valence-electron chi connectivity index (χ4n) is 2.62. The second-order valence-electron chi connectivity index (χ2n) is 6.35. The molecule has 124 valence electrons. The molecule has 0 atom stereocenters. The Labute approximate surface area is 146 Å². The Balaban J connectivity index is 1.85. The number of hydrogen-bond donors (Lipinski definition) is 1. The fourth-order valence-corrected chi connectivity index (χ4v) is 2.81. The Morgan fingerprint density at radius 2 is 1.96 bits per heavy atom. The number of fused-ring (bicyclic) bond motifs is 1. The minimum Gasteiger partial charge on any atom is -0.497 e. The predicted molar refractivity (Wildman–Crippen MR) is 99.1 cm³/mol. The smallest absolute Gasteiger partial charge is 0.137 e. The molecular weight excluding hydrogens is 322 g/mol. The van der Waals surface area contributed by atoms with Crippen molar-refractivity contribution >= 4 is 28.3 Å². The van der Waals surface area contributed by atoms with Gasteiger partial charge in [-0.15, -0.1) is 0 Å². The van der Waals surface area contributed by atoms with E-state index in [-0.39, 0.29) is 5.41 Å². The van der Waals surface area contributed by atoms with Crippen LogP contribution in [0.5, 0.6) is 5.75 Å². The lowest BCUT2D eigenvalue weighted by Crippen LogP contribution is -2.28. The number of hydrogen-bond acceptors (Lipinski definition) is 4. The Bertz CT molecular complexity index is 864. The molecule has 0 spiro atoms. The van der Waals surface area contributed by atoms with Gasteiger partial charge in [-0.25, -0.2) is 9.97 Å². The van der Waals surface area contributed by atoms with Crippen molar-refractivity contribution in [3.63, 3.8) is 0 Å². The van der Waals surface area contributed by atoms with E-state index in [9.17, 15) is 0 Å². The quantitative estimate of drug-likeness (QED) is 0.731. The van der Waals surface area contributed by atoms with E-state index in [0.29, 0.717) is 0 Å². The molecule has 1 heterocycles. The van der Waals surface area contributed by atoms with E-state index in [4.69, 9.17) is 16.3 Å². The third kappa shape index (κ3) is 3.44. The van der Waals surface area contributed by atoms with Gasteiger partial charge in [-0.3, -0.25) is 0 Å². The van der Waals surface area contributed by atoms with Crippen molar-refractivity contribution in [2.45, 2.75) is 19.3 Å². The highest BCUT2D eigenvalue weighted by Crippen LogP contribution is 2.28. The van der Waals surface area contributed by atoms with Gasteiger partial charge in [0, 0.05) is 28.4 Å². The number of aromatic nitrogens is 2. The summed E-state index contributed by atoms with van der Waals surface area (Å²) in [5, 5.41) is 5.17. The van der Waals surface area contributed by atoms with Crippen LogP contribution in [0.25, 0.3) is 10.9 Å². The van der Waals surface area contributed by atoms with Crippen molar-refractivity contribution in [3.8, 4) is 5.75 Å². The molecular formula is C19H20ClN3O. The lowest BCUT2D eigenvalue weighted by Gasteiger charge is -2.26. The maximum Gasteiger partial charge on any atom is 0.137 e. The highest BCUT2D eigenvalue weighted by Gasteiger charge is 2.21. The highest BCUT2D eigenvalue weighted by molar-refractivity contribution is 6.30. The van der Waals surface area contributed by atoms with E-state index in [0.717, 1.165) is 34.0 Å². The third-order valence-electron chi connectivity index (χ3n) is 4.15. The van der Waals surface area contributed by atoms with Crippen molar-refractivity contribution in [3.05, 3.63) is 59.4 Å². The molecule has 0 radical (unpaired) electrons. The lowest BCUT2D eigenvalue weighted by atomic mass is 9.84. The van der Waals surface area contributed by atoms with Crippen LogP contribution in [0.1, 0.15) is 19.4 Å². The summed E-state index contributed by atoms with van der Waals surface area (Å²) in [4.78, 5) is 8.70. The van der Waals surface area contributed by atoms with Gasteiger partial charge in [0.1, 0.15) is 17.9 Å². The van der Waals surface area contributed by atoms with Gasteiger partial charge in [-0.2, -0.15) is 0 Å². The van der Waals surface area contributed by atoms with Gasteiger partial charge in [0.15, 0.2) is 0 Å². The zero-order chi connectivity index (χ0) is 17.2. The largest absolute Gasteiger partial charge is 0.497 e. The summed E-state index contributed by atoms with van der Waals surface area (Å²) >= 11 is 6.12. The van der Waals surface area contributed by atoms with Gasteiger partial charge < -0.3 is 10.1 Å². The normalized spacial score (nSPS) is 11.5. The maximum atomic E-state index is 6.12. The molecule has 0 aliphatic heterocycles. The van der Waals surface area contributed by atoms with E-state index in [1.54, 1.807) is 13.4 Å². The number of anilines is 1. The summed E-state index contributed by atoms with van der Waals surface area (Å²) in [6.07, 6.45) is 1.57. The average Bonchev–Trinajstić information content (AvgIpc) is 2.59. The highest BCUT2D eigenvalue weighted by atomic mass is 35.5. The fraction of sp³-hybridized carbons (Fsp3) is 0.263. The van der Waals surface area contributed by atoms with Crippen LogP contribution >= 0.6 is 11.6 Å². The molecule has 0 amide bonds. The van der Waals surface area contributed by atoms with Crippen LogP contribution in [0.4, 0.5) is 5.82 Å². The Morgan fingerprint density at radius 1 is 1.12 bits per heavy atom. The van der Waals surface area contributed by atoms with Gasteiger partial charge in [-0.05, 0) is 29.8 Å². The molecule has 1 aromatic heterocycles. The van der Waals surface area contributed by atoms with Crippen LogP contribution in [-0.4, -0.2) is 23.6 Å². The third-order valence-corrected chi connectivity index (χ3v) is 4.38. The SMILES string of the molecule is COc1ccc2c(NCC(C)(C)c3cccc(Cl)c3)ncnc2c1. The van der Waals surface area contributed by atoms with Crippen molar-refractivity contribution < 1.29 is 4.74 Å². The molecule has 0 saturated heterocycles. The maximum absolute atomic E-state index is 6.12. The first kappa shape index (κ1) is 16.5. The summed E-state index contributed by atoms with van der Waals surface area (Å²) in [5.41, 5.74) is 1.95. The van der Waals surface area contributed by atoms with Gasteiger partial charge >= 0.3 is 0 Å². The molecule has 0 unspecified atom stereocenters. The van der Waals surface area contributed by atoms with Crippen LogP contribution in [0, 0.1) is 0 Å². The number of ether oxygens (including phenoxy) is 1. The Morgan fingerprint density at radius 3 is 2.71 bits per heavy atom. The molecule has 3 aromatic rings. The van der Waals surface area contributed by atoms with E-state index in [2.05, 4.69) is 35.2 Å². The van der Waals surface area contributed by atoms with E-state index in [1.807, 2.05) is 36.4 Å². The minimum absolute atomic E-state index is 0.0886. The second-order valence-corrected chi connectivity index (χ2v) is 6.79. The summed E-state index contributed by atoms with van der Waals surface area (Å²) in [6, 6.07) is 13.8. The predicted octanol–water partition coefficient (Wildman–Crippen LogP) is 4.68. The molecule has 5 heteroatoms. The summed E-state index contributed by atoms with van der Waals surface area (Å²) in [5.74, 6) is 1.60. The summed E-state index contributed by atoms with van der Waals surface area (Å²) in [7, 11) is 1.65. The van der Waals surface area contributed by atoms with Crippen molar-refractivity contribution in [1.29, 1.82) is 0 Å². The van der Waals surface area contributed by atoms with Crippen LogP contribution in [0.15, 0.2) is 48.8 Å². The molecule has 0 saturated carbocycles. The van der Waals surface area contributed by atoms with Crippen LogP contribution in [0.2, 0.25) is 5.02 Å². The number of methoxy groups -OCH3 is 1. The van der Waals surface area contributed by atoms with Crippen LogP contribution in [0.3, 0.4) is 0 Å². The average molecular weight is 342 g/mol. The van der Waals surface area contributed by atoms with Crippen LogP contribution < -0.4 is 10.1 Å². The van der Waals surface area contributed by atoms with Crippen molar-refractivity contribution in [1.82, 2.24) is 9.97 Å². The first-order chi connectivity index (χ1) is 11.5. The number of nitrogens with zero attached hydrogens (tertiary/aromatic N) is 2. The van der Waals surface area contributed by atoms with Crippen molar-refractivity contribution in [2.24, 2.45) is 0 Å². The van der Waals surface area contributed by atoms with Crippen LogP contribution in [-0.2, 0) is 5.41 Å². The Hall–Kier alpha value is -2.33. The standard InChI is InChI=1S/C19H20ClN3O/c1-19(2,13-5-4-6-14(20)9-13)11-21-18-16-8-7-15(24-3)10-17(16)22-12-23-18/h4-10,12H,11H2,1-3H3,(H,21,22,23). The molecule has 1 N–H and O–H groups in total. The van der Waals surface area contributed by atoms with Gasteiger partial charge in [0.25, 0.3) is 0 Å². The molecule has 0 aliphatic carbocycles. The van der Waals surface area contributed by atoms with E-state index >= 15 is 0 Å². The molecule has 0 aliphatic rings. The number of rotatable bonds is 5. The van der Waals surface area contributed by atoms with E-state index in [1.165, 1.54) is 5.56 Å². The first-order valence-corrected chi connectivity index (χ1v) is 8.16.